The summed E-state index contributed by atoms with van der Waals surface area (Å²) >= 11 is 5.52. The summed E-state index contributed by atoms with van der Waals surface area (Å²) in [5.41, 5.74) is 0. The van der Waals surface area contributed by atoms with Crippen LogP contribution in [-0.2, 0) is 4.79 Å². The van der Waals surface area contributed by atoms with Gasteiger partial charge in [-0.3, -0.25) is 9.69 Å². The van der Waals surface area contributed by atoms with Crippen LogP contribution < -0.4 is 0 Å². The number of nitrogens with zero attached hydrogens (tertiary/aromatic N) is 3. The van der Waals surface area contributed by atoms with Crippen molar-refractivity contribution in [2.24, 2.45) is 0 Å². The van der Waals surface area contributed by atoms with Crippen LogP contribution in [0.15, 0.2) is 0 Å². The van der Waals surface area contributed by atoms with Crippen molar-refractivity contribution in [1.29, 1.82) is 5.26 Å². The summed E-state index contributed by atoms with van der Waals surface area (Å²) in [4.78, 5) is 15.6. The number of piperazine rings is 1. The molecule has 4 nitrogen and oxygen atoms in total. The fourth-order valence-electron chi connectivity index (χ4n) is 1.67. The van der Waals surface area contributed by atoms with Gasteiger partial charge in [0.2, 0.25) is 5.91 Å². The highest BCUT2D eigenvalue weighted by Gasteiger charge is 2.19. The first-order chi connectivity index (χ1) is 7.27. The lowest BCUT2D eigenvalue weighted by molar-refractivity contribution is -0.132. The van der Waals surface area contributed by atoms with Gasteiger partial charge in [0.1, 0.15) is 0 Å². The second-order valence-electron chi connectivity index (χ2n) is 3.57. The maximum atomic E-state index is 11.5. The first-order valence-corrected chi connectivity index (χ1v) is 5.74. The lowest BCUT2D eigenvalue weighted by Crippen LogP contribution is -2.48. The molecule has 0 aliphatic carbocycles. The van der Waals surface area contributed by atoms with Gasteiger partial charge in [-0.2, -0.15) is 5.26 Å². The van der Waals surface area contributed by atoms with Crippen LogP contribution in [0.5, 0.6) is 0 Å². The minimum atomic E-state index is 0.143. The third kappa shape index (κ3) is 4.06. The van der Waals surface area contributed by atoms with Gasteiger partial charge in [-0.25, -0.2) is 0 Å². The van der Waals surface area contributed by atoms with Crippen LogP contribution >= 0.6 is 11.6 Å². The van der Waals surface area contributed by atoms with E-state index in [0.717, 1.165) is 32.7 Å². The SMILES string of the molecule is N#CCCN1CCN(C(=O)CCCl)CC1. The van der Waals surface area contributed by atoms with Crippen LogP contribution in [0.25, 0.3) is 0 Å². The van der Waals surface area contributed by atoms with Crippen molar-refractivity contribution < 1.29 is 4.79 Å². The average molecular weight is 230 g/mol. The molecule has 0 spiro atoms. The zero-order valence-corrected chi connectivity index (χ0v) is 9.54. The summed E-state index contributed by atoms with van der Waals surface area (Å²) in [6.07, 6.45) is 0.995. The van der Waals surface area contributed by atoms with E-state index >= 15 is 0 Å². The molecular weight excluding hydrogens is 214 g/mol. The molecule has 1 aliphatic heterocycles. The summed E-state index contributed by atoms with van der Waals surface area (Å²) in [5.74, 6) is 0.540. The molecule has 5 heteroatoms. The van der Waals surface area contributed by atoms with E-state index < -0.39 is 0 Å². The second-order valence-corrected chi connectivity index (χ2v) is 3.95. The maximum Gasteiger partial charge on any atom is 0.223 e. The van der Waals surface area contributed by atoms with E-state index in [-0.39, 0.29) is 5.91 Å². The van der Waals surface area contributed by atoms with Crippen LogP contribution in [0.2, 0.25) is 0 Å². The summed E-state index contributed by atoms with van der Waals surface area (Å²) in [7, 11) is 0. The minimum Gasteiger partial charge on any atom is -0.340 e. The number of alkyl halides is 1. The standard InChI is InChI=1S/C10H16ClN3O/c11-3-2-10(15)14-8-6-13(7-9-14)5-1-4-12/h1-3,5-9H2. The maximum absolute atomic E-state index is 11.5. The highest BCUT2D eigenvalue weighted by molar-refractivity contribution is 6.18. The highest BCUT2D eigenvalue weighted by Crippen LogP contribution is 2.04. The third-order valence-corrected chi connectivity index (χ3v) is 2.76. The quantitative estimate of drug-likeness (QED) is 0.666. The molecule has 1 saturated heterocycles. The van der Waals surface area contributed by atoms with E-state index in [9.17, 15) is 4.79 Å². The Bertz CT molecular complexity index is 244. The summed E-state index contributed by atoms with van der Waals surface area (Å²) in [5, 5.41) is 8.45. The fourth-order valence-corrected chi connectivity index (χ4v) is 1.83. The number of hydrogen-bond donors (Lipinski definition) is 0. The Balaban J connectivity index is 2.23. The van der Waals surface area contributed by atoms with Gasteiger partial charge in [0.25, 0.3) is 0 Å². The first kappa shape index (κ1) is 12.3. The predicted octanol–water partition coefficient (Wildman–Crippen LogP) is 0.673. The summed E-state index contributed by atoms with van der Waals surface area (Å²) in [6.45, 7) is 4.09. The van der Waals surface area contributed by atoms with E-state index in [1.54, 1.807) is 0 Å². The van der Waals surface area contributed by atoms with Crippen LogP contribution in [0.4, 0.5) is 0 Å². The van der Waals surface area contributed by atoms with Gasteiger partial charge in [0, 0.05) is 51.4 Å². The molecule has 0 atom stereocenters. The van der Waals surface area contributed by atoms with Gasteiger partial charge in [-0.1, -0.05) is 0 Å². The topological polar surface area (TPSA) is 47.3 Å². The van der Waals surface area contributed by atoms with Gasteiger partial charge in [-0.05, 0) is 0 Å². The molecule has 1 amide bonds. The number of halogens is 1. The first-order valence-electron chi connectivity index (χ1n) is 5.21. The van der Waals surface area contributed by atoms with E-state index in [2.05, 4.69) is 11.0 Å². The van der Waals surface area contributed by atoms with E-state index in [4.69, 9.17) is 16.9 Å². The monoisotopic (exact) mass is 229 g/mol. The number of rotatable bonds is 4. The zero-order chi connectivity index (χ0) is 11.1. The van der Waals surface area contributed by atoms with Gasteiger partial charge in [-0.15, -0.1) is 11.6 Å². The molecule has 0 aromatic rings. The zero-order valence-electron chi connectivity index (χ0n) is 8.78. The molecule has 0 bridgehead atoms. The summed E-state index contributed by atoms with van der Waals surface area (Å²) < 4.78 is 0. The molecule has 1 heterocycles. The van der Waals surface area contributed by atoms with Gasteiger partial charge >= 0.3 is 0 Å². The Morgan fingerprint density at radius 1 is 1.33 bits per heavy atom. The molecule has 0 N–H and O–H groups in total. The number of carbonyl (C=O) groups is 1. The van der Waals surface area contributed by atoms with E-state index in [1.807, 2.05) is 4.90 Å². The Kier molecular flexibility index (Phi) is 5.44. The lowest BCUT2D eigenvalue weighted by atomic mass is 10.2. The van der Waals surface area contributed by atoms with Gasteiger partial charge < -0.3 is 4.90 Å². The van der Waals surface area contributed by atoms with Crippen molar-refractivity contribution in [3.8, 4) is 6.07 Å². The molecule has 0 radical (unpaired) electrons. The van der Waals surface area contributed by atoms with Crippen molar-refractivity contribution in [1.82, 2.24) is 9.80 Å². The molecule has 0 aromatic carbocycles. The molecular formula is C10H16ClN3O. The molecule has 0 saturated carbocycles. The van der Waals surface area contributed by atoms with Crippen molar-refractivity contribution >= 4 is 17.5 Å². The number of nitriles is 1. The number of amides is 1. The minimum absolute atomic E-state index is 0.143. The van der Waals surface area contributed by atoms with Gasteiger partial charge in [0.05, 0.1) is 6.07 Å². The average Bonchev–Trinajstić information content (AvgIpc) is 2.27. The largest absolute Gasteiger partial charge is 0.340 e. The van der Waals surface area contributed by atoms with E-state index in [0.29, 0.717) is 18.7 Å². The molecule has 84 valence electrons. The third-order valence-electron chi connectivity index (χ3n) is 2.57. The van der Waals surface area contributed by atoms with Crippen molar-refractivity contribution in [3.05, 3.63) is 0 Å². The molecule has 0 aromatic heterocycles. The molecule has 0 unspecified atom stereocenters. The van der Waals surface area contributed by atoms with Gasteiger partial charge in [0.15, 0.2) is 0 Å². The van der Waals surface area contributed by atoms with Crippen LogP contribution in [0.1, 0.15) is 12.8 Å². The smallest absolute Gasteiger partial charge is 0.223 e. The Labute approximate surface area is 95.4 Å². The van der Waals surface area contributed by atoms with Crippen LogP contribution in [0.3, 0.4) is 0 Å². The van der Waals surface area contributed by atoms with Crippen molar-refractivity contribution in [2.75, 3.05) is 38.6 Å². The lowest BCUT2D eigenvalue weighted by Gasteiger charge is -2.34. The van der Waals surface area contributed by atoms with Crippen molar-refractivity contribution in [3.63, 3.8) is 0 Å². The van der Waals surface area contributed by atoms with Crippen molar-refractivity contribution in [2.45, 2.75) is 12.8 Å². The summed E-state index contributed by atoms with van der Waals surface area (Å²) in [6, 6.07) is 2.13. The van der Waals surface area contributed by atoms with Crippen LogP contribution in [-0.4, -0.2) is 54.3 Å². The predicted molar refractivity (Wildman–Crippen MR) is 58.6 cm³/mol. The fraction of sp³-hybridized carbons (Fsp3) is 0.800. The molecule has 15 heavy (non-hydrogen) atoms. The Morgan fingerprint density at radius 2 is 2.00 bits per heavy atom. The molecule has 1 fully saturated rings. The van der Waals surface area contributed by atoms with E-state index in [1.165, 1.54) is 0 Å². The second kappa shape index (κ2) is 6.65. The Morgan fingerprint density at radius 3 is 2.53 bits per heavy atom. The Hall–Kier alpha value is -0.790. The normalized spacial score (nSPS) is 17.5. The number of carbonyl (C=O) groups excluding carboxylic acids is 1. The molecule has 1 rings (SSSR count). The van der Waals surface area contributed by atoms with Crippen LogP contribution in [0, 0.1) is 11.3 Å². The molecule has 1 aliphatic rings. The highest BCUT2D eigenvalue weighted by atomic mass is 35.5. The number of hydrogen-bond acceptors (Lipinski definition) is 3.